The molecule has 0 spiro atoms. The van der Waals surface area contributed by atoms with Gasteiger partial charge in [-0.2, -0.15) is 0 Å². The molecule has 0 radical (unpaired) electrons. The summed E-state index contributed by atoms with van der Waals surface area (Å²) in [6, 6.07) is 15.9. The van der Waals surface area contributed by atoms with E-state index in [9.17, 15) is 9.59 Å². The average Bonchev–Trinajstić information content (AvgIpc) is 2.96. The van der Waals surface area contributed by atoms with Gasteiger partial charge in [0.1, 0.15) is 0 Å². The minimum absolute atomic E-state index is 0.00728. The van der Waals surface area contributed by atoms with Gasteiger partial charge in [-0.05, 0) is 70.7 Å². The van der Waals surface area contributed by atoms with Crippen molar-refractivity contribution < 1.29 is 23.8 Å². The quantitative estimate of drug-likeness (QED) is 0.307. The molecule has 2 aromatic rings. The van der Waals surface area contributed by atoms with Gasteiger partial charge in [-0.25, -0.2) is 0 Å². The monoisotopic (exact) mass is 567 g/mol. The molecule has 1 fully saturated rings. The van der Waals surface area contributed by atoms with Gasteiger partial charge in [0, 0.05) is 63.0 Å². The lowest BCUT2D eigenvalue weighted by Gasteiger charge is -2.40. The normalized spacial score (nSPS) is 17.0. The van der Waals surface area contributed by atoms with Gasteiger partial charge < -0.3 is 29.3 Å². The highest BCUT2D eigenvalue weighted by Gasteiger charge is 2.32. The topological polar surface area (TPSA) is 80.3 Å². The number of ether oxygens (including phenoxy) is 3. The molecule has 1 aliphatic rings. The Morgan fingerprint density at radius 3 is 2.32 bits per heavy atom. The molecule has 1 heterocycles. The maximum atomic E-state index is 13.7. The SMILES string of the molecule is COCCCOc1cc(C(=O)N(C(C)C)C2CCC(CCN(C(=O)Cc3ccccc3)C(C)C)NC2)ccc1OC. The van der Waals surface area contributed by atoms with Gasteiger partial charge in [0.05, 0.1) is 20.1 Å². The summed E-state index contributed by atoms with van der Waals surface area (Å²) in [4.78, 5) is 30.8. The van der Waals surface area contributed by atoms with Gasteiger partial charge in [-0.15, -0.1) is 0 Å². The van der Waals surface area contributed by atoms with Crippen molar-refractivity contribution >= 4 is 11.8 Å². The van der Waals surface area contributed by atoms with Crippen LogP contribution in [-0.2, 0) is 16.0 Å². The predicted molar refractivity (Wildman–Crippen MR) is 163 cm³/mol. The van der Waals surface area contributed by atoms with Crippen molar-refractivity contribution in [3.05, 3.63) is 59.7 Å². The molecule has 8 heteroatoms. The lowest BCUT2D eigenvalue weighted by atomic mass is 9.95. The van der Waals surface area contributed by atoms with E-state index in [2.05, 4.69) is 33.0 Å². The predicted octanol–water partition coefficient (Wildman–Crippen LogP) is 4.95. The summed E-state index contributed by atoms with van der Waals surface area (Å²) in [6.45, 7) is 10.8. The summed E-state index contributed by atoms with van der Waals surface area (Å²) >= 11 is 0. The molecule has 8 nitrogen and oxygen atoms in total. The number of hydrogen-bond acceptors (Lipinski definition) is 6. The molecule has 3 rings (SSSR count). The van der Waals surface area contributed by atoms with Crippen LogP contribution in [0.1, 0.15) is 69.3 Å². The summed E-state index contributed by atoms with van der Waals surface area (Å²) in [5, 5.41) is 3.67. The zero-order valence-electron chi connectivity index (χ0n) is 25.7. The third kappa shape index (κ3) is 9.47. The Bertz CT molecular complexity index is 1080. The number of rotatable bonds is 15. The fourth-order valence-electron chi connectivity index (χ4n) is 5.50. The van der Waals surface area contributed by atoms with Gasteiger partial charge in [-0.3, -0.25) is 9.59 Å². The van der Waals surface area contributed by atoms with E-state index in [1.807, 2.05) is 46.2 Å². The fraction of sp³-hybridized carbons (Fsp3) is 0.576. The molecule has 2 amide bonds. The van der Waals surface area contributed by atoms with E-state index < -0.39 is 0 Å². The van der Waals surface area contributed by atoms with Crippen molar-refractivity contribution in [3.63, 3.8) is 0 Å². The summed E-state index contributed by atoms with van der Waals surface area (Å²) in [5.41, 5.74) is 1.63. The van der Waals surface area contributed by atoms with Crippen molar-refractivity contribution in [1.29, 1.82) is 0 Å². The number of hydrogen-bond donors (Lipinski definition) is 1. The number of carbonyl (C=O) groups is 2. The van der Waals surface area contributed by atoms with Crippen LogP contribution in [0.2, 0.25) is 0 Å². The highest BCUT2D eigenvalue weighted by Crippen LogP contribution is 2.30. The van der Waals surface area contributed by atoms with E-state index in [0.29, 0.717) is 42.7 Å². The molecular formula is C33H49N3O5. The van der Waals surface area contributed by atoms with Gasteiger partial charge in [0.15, 0.2) is 11.5 Å². The second-order valence-electron chi connectivity index (χ2n) is 11.3. The van der Waals surface area contributed by atoms with Crippen LogP contribution in [-0.4, -0.2) is 86.3 Å². The van der Waals surface area contributed by atoms with E-state index in [-0.39, 0.29) is 29.9 Å². The summed E-state index contributed by atoms with van der Waals surface area (Å²) in [7, 11) is 3.26. The van der Waals surface area contributed by atoms with E-state index >= 15 is 0 Å². The van der Waals surface area contributed by atoms with Crippen LogP contribution in [0.25, 0.3) is 0 Å². The minimum atomic E-state index is -0.00728. The van der Waals surface area contributed by atoms with Crippen molar-refractivity contribution in [2.75, 3.05) is 40.5 Å². The van der Waals surface area contributed by atoms with Crippen molar-refractivity contribution in [2.24, 2.45) is 0 Å². The molecule has 0 saturated carbocycles. The Labute approximate surface area is 246 Å². The maximum Gasteiger partial charge on any atom is 0.254 e. The van der Waals surface area contributed by atoms with Crippen LogP contribution in [0.4, 0.5) is 0 Å². The number of piperidine rings is 1. The number of methoxy groups -OCH3 is 2. The first-order valence-corrected chi connectivity index (χ1v) is 14.9. The summed E-state index contributed by atoms with van der Waals surface area (Å²) in [6.07, 6.45) is 3.94. The molecule has 0 aliphatic carbocycles. The van der Waals surface area contributed by atoms with E-state index in [0.717, 1.165) is 44.3 Å². The molecule has 41 heavy (non-hydrogen) atoms. The molecule has 2 aromatic carbocycles. The number of amides is 2. The van der Waals surface area contributed by atoms with E-state index in [1.165, 1.54) is 0 Å². The Balaban J connectivity index is 1.58. The van der Waals surface area contributed by atoms with Crippen LogP contribution >= 0.6 is 0 Å². The van der Waals surface area contributed by atoms with E-state index in [1.54, 1.807) is 26.4 Å². The second kappa shape index (κ2) is 16.4. The molecule has 1 N–H and O–H groups in total. The molecule has 0 aromatic heterocycles. The third-order valence-electron chi connectivity index (χ3n) is 7.70. The van der Waals surface area contributed by atoms with Gasteiger partial charge >= 0.3 is 0 Å². The number of nitrogens with zero attached hydrogens (tertiary/aromatic N) is 2. The van der Waals surface area contributed by atoms with Crippen LogP contribution < -0.4 is 14.8 Å². The van der Waals surface area contributed by atoms with E-state index in [4.69, 9.17) is 14.2 Å². The first-order valence-electron chi connectivity index (χ1n) is 14.9. The molecule has 2 atom stereocenters. The average molecular weight is 568 g/mol. The number of carbonyl (C=O) groups excluding carboxylic acids is 2. The standard InChI is InChI=1S/C33H49N3O5/c1-24(2)35(32(37)21-26-11-8-7-9-12-26)18-17-28-14-15-29(23-34-28)36(25(3)4)33(38)27-13-16-30(40-6)31(22-27)41-20-10-19-39-5/h7-9,11-13,16,22,24-25,28-29,34H,10,14-15,17-21,23H2,1-6H3. The Kier molecular flexibility index (Phi) is 12.9. The lowest BCUT2D eigenvalue weighted by Crippen LogP contribution is -2.54. The van der Waals surface area contributed by atoms with Crippen molar-refractivity contribution in [2.45, 2.75) is 84.0 Å². The Hall–Kier alpha value is -3.10. The molecular weight excluding hydrogens is 518 g/mol. The minimum Gasteiger partial charge on any atom is -0.493 e. The van der Waals surface area contributed by atoms with Gasteiger partial charge in [-0.1, -0.05) is 30.3 Å². The van der Waals surface area contributed by atoms with Gasteiger partial charge in [0.2, 0.25) is 5.91 Å². The van der Waals surface area contributed by atoms with Crippen LogP contribution in [0.15, 0.2) is 48.5 Å². The number of nitrogens with one attached hydrogen (secondary N) is 1. The molecule has 0 bridgehead atoms. The van der Waals surface area contributed by atoms with Crippen molar-refractivity contribution in [1.82, 2.24) is 15.1 Å². The maximum absolute atomic E-state index is 13.7. The zero-order valence-corrected chi connectivity index (χ0v) is 25.7. The molecule has 2 unspecified atom stereocenters. The molecule has 1 aliphatic heterocycles. The van der Waals surface area contributed by atoms with Gasteiger partial charge in [0.25, 0.3) is 5.91 Å². The number of benzene rings is 2. The highest BCUT2D eigenvalue weighted by atomic mass is 16.5. The third-order valence-corrected chi connectivity index (χ3v) is 7.70. The Morgan fingerprint density at radius 1 is 0.951 bits per heavy atom. The molecule has 1 saturated heterocycles. The van der Waals surface area contributed by atoms with Crippen molar-refractivity contribution in [3.8, 4) is 11.5 Å². The second-order valence-corrected chi connectivity index (χ2v) is 11.3. The summed E-state index contributed by atoms with van der Waals surface area (Å²) < 4.78 is 16.5. The van der Waals surface area contributed by atoms with Crippen LogP contribution in [0.3, 0.4) is 0 Å². The lowest BCUT2D eigenvalue weighted by molar-refractivity contribution is -0.132. The van der Waals surface area contributed by atoms with Crippen LogP contribution in [0.5, 0.6) is 11.5 Å². The van der Waals surface area contributed by atoms with Crippen LogP contribution in [0, 0.1) is 0 Å². The largest absolute Gasteiger partial charge is 0.493 e. The first-order chi connectivity index (χ1) is 19.7. The Morgan fingerprint density at radius 2 is 1.71 bits per heavy atom. The summed E-state index contributed by atoms with van der Waals surface area (Å²) in [5.74, 6) is 1.33. The smallest absolute Gasteiger partial charge is 0.254 e. The first kappa shape index (κ1) is 32.4. The molecule has 226 valence electrons. The fourth-order valence-corrected chi connectivity index (χ4v) is 5.50. The zero-order chi connectivity index (χ0) is 29.8. The highest BCUT2D eigenvalue weighted by molar-refractivity contribution is 5.95.